The van der Waals surface area contributed by atoms with Crippen LogP contribution in [0, 0.1) is 5.92 Å². The van der Waals surface area contributed by atoms with Gasteiger partial charge in [-0.05, 0) is 54.5 Å². The summed E-state index contributed by atoms with van der Waals surface area (Å²) >= 11 is 0. The lowest BCUT2D eigenvalue weighted by Gasteiger charge is -2.11. The average molecular weight is 251 g/mol. The number of nitrogens with zero attached hydrogens (tertiary/aromatic N) is 1. The largest absolute Gasteiger partial charge is 0.257 e. The summed E-state index contributed by atoms with van der Waals surface area (Å²) < 4.78 is 0. The van der Waals surface area contributed by atoms with Crippen LogP contribution in [-0.2, 0) is 6.42 Å². The molecule has 0 N–H and O–H groups in total. The monoisotopic (exact) mass is 251 g/mol. The molecule has 1 unspecified atom stereocenters. The van der Waals surface area contributed by atoms with Crippen molar-refractivity contribution in [3.63, 3.8) is 0 Å². The molecule has 0 spiro atoms. The van der Waals surface area contributed by atoms with E-state index in [0.29, 0.717) is 5.92 Å². The van der Waals surface area contributed by atoms with Crippen LogP contribution < -0.4 is 0 Å². The summed E-state index contributed by atoms with van der Waals surface area (Å²) in [6.45, 7) is 8.00. The summed E-state index contributed by atoms with van der Waals surface area (Å²) in [6.07, 6.45) is 10.9. The van der Waals surface area contributed by atoms with Crippen LogP contribution in [0.4, 0.5) is 5.69 Å². The van der Waals surface area contributed by atoms with Crippen molar-refractivity contribution in [3.8, 4) is 0 Å². The summed E-state index contributed by atoms with van der Waals surface area (Å²) in [5.41, 5.74) is 4.69. The van der Waals surface area contributed by atoms with Crippen LogP contribution in [0.2, 0.25) is 0 Å². The summed E-state index contributed by atoms with van der Waals surface area (Å²) in [5, 5.41) is 0. The highest BCUT2D eigenvalue weighted by atomic mass is 14.7. The van der Waals surface area contributed by atoms with E-state index in [1.165, 1.54) is 11.1 Å². The molecule has 1 nitrogen and oxygen atoms in total. The third kappa shape index (κ3) is 4.36. The molecule has 2 rings (SSSR count). The first-order chi connectivity index (χ1) is 9.13. The van der Waals surface area contributed by atoms with E-state index in [1.54, 1.807) is 6.21 Å². The minimum atomic E-state index is 0.683. The van der Waals surface area contributed by atoms with Crippen LogP contribution in [-0.4, -0.2) is 6.21 Å². The first-order valence-electron chi connectivity index (χ1n) is 6.79. The average Bonchev–Trinajstić information content (AvgIpc) is 2.40. The van der Waals surface area contributed by atoms with Gasteiger partial charge in [-0.15, -0.1) is 0 Å². The Morgan fingerprint density at radius 1 is 1.37 bits per heavy atom. The van der Waals surface area contributed by atoms with Gasteiger partial charge in [0.2, 0.25) is 0 Å². The molecule has 0 heterocycles. The van der Waals surface area contributed by atoms with E-state index >= 15 is 0 Å². The van der Waals surface area contributed by atoms with Gasteiger partial charge in [0.05, 0.1) is 5.69 Å². The second-order valence-electron chi connectivity index (χ2n) is 5.30. The molecule has 0 saturated carbocycles. The Labute approximate surface area is 116 Å². The van der Waals surface area contributed by atoms with Gasteiger partial charge in [0.25, 0.3) is 0 Å². The molecule has 1 atom stereocenters. The fourth-order valence-electron chi connectivity index (χ4n) is 2.02. The zero-order valence-electron chi connectivity index (χ0n) is 11.8. The van der Waals surface area contributed by atoms with E-state index < -0.39 is 0 Å². The highest BCUT2D eigenvalue weighted by molar-refractivity contribution is 5.79. The zero-order chi connectivity index (χ0) is 13.7. The lowest BCUT2D eigenvalue weighted by atomic mass is 9.94. The molecule has 0 fully saturated rings. The molecular weight excluding hydrogens is 230 g/mol. The number of benzene rings is 1. The summed E-state index contributed by atoms with van der Waals surface area (Å²) in [7, 11) is 0. The van der Waals surface area contributed by atoms with Crippen LogP contribution in [0.1, 0.15) is 25.8 Å². The van der Waals surface area contributed by atoms with Crippen molar-refractivity contribution in [1.82, 2.24) is 0 Å². The smallest absolute Gasteiger partial charge is 0.0629 e. The predicted molar refractivity (Wildman–Crippen MR) is 84.1 cm³/mol. The molecule has 1 heteroatoms. The molecule has 0 bridgehead atoms. The third-order valence-electron chi connectivity index (χ3n) is 3.17. The first-order valence-corrected chi connectivity index (χ1v) is 6.79. The topological polar surface area (TPSA) is 12.4 Å². The Bertz CT molecular complexity index is 529. The third-order valence-corrected chi connectivity index (χ3v) is 3.17. The van der Waals surface area contributed by atoms with Crippen molar-refractivity contribution >= 4 is 11.9 Å². The number of hydrogen-bond acceptors (Lipinski definition) is 1. The van der Waals surface area contributed by atoms with E-state index in [-0.39, 0.29) is 0 Å². The Kier molecular flexibility index (Phi) is 4.51. The second-order valence-corrected chi connectivity index (χ2v) is 5.30. The number of aliphatic imine (C=N–C) groups is 1. The maximum Gasteiger partial charge on any atom is 0.0629 e. The highest BCUT2D eigenvalue weighted by Crippen LogP contribution is 2.20. The fraction of sp³-hybridized carbons (Fsp3) is 0.278. The van der Waals surface area contributed by atoms with Gasteiger partial charge in [0, 0.05) is 6.21 Å². The van der Waals surface area contributed by atoms with Gasteiger partial charge in [0.15, 0.2) is 0 Å². The quantitative estimate of drug-likeness (QED) is 0.665. The molecular formula is C18H21N. The van der Waals surface area contributed by atoms with Gasteiger partial charge >= 0.3 is 0 Å². The van der Waals surface area contributed by atoms with E-state index in [1.807, 2.05) is 6.92 Å². The molecule has 1 aromatic carbocycles. The van der Waals surface area contributed by atoms with Crippen LogP contribution in [0.15, 0.2) is 65.2 Å². The maximum atomic E-state index is 4.35. The molecule has 0 saturated heterocycles. The summed E-state index contributed by atoms with van der Waals surface area (Å²) in [5.74, 6) is 0.683. The molecule has 19 heavy (non-hydrogen) atoms. The molecule has 0 aromatic heterocycles. The van der Waals surface area contributed by atoms with Gasteiger partial charge < -0.3 is 0 Å². The van der Waals surface area contributed by atoms with E-state index in [9.17, 15) is 0 Å². The SMILES string of the molecule is C=C(C)/C=N/c1ccc(CC2=CCC(C)C=C2)cc1. The number of allylic oxidation sites excluding steroid dienone is 5. The Morgan fingerprint density at radius 3 is 2.68 bits per heavy atom. The number of rotatable bonds is 4. The molecule has 1 aromatic rings. The fourth-order valence-corrected chi connectivity index (χ4v) is 2.02. The molecule has 1 aliphatic rings. The number of hydrogen-bond donors (Lipinski definition) is 0. The van der Waals surface area contributed by atoms with Crippen molar-refractivity contribution in [3.05, 3.63) is 65.8 Å². The Balaban J connectivity index is 1.99. The van der Waals surface area contributed by atoms with Crippen LogP contribution in [0.3, 0.4) is 0 Å². The van der Waals surface area contributed by atoms with Gasteiger partial charge in [-0.3, -0.25) is 4.99 Å². The van der Waals surface area contributed by atoms with Gasteiger partial charge in [-0.1, -0.05) is 43.9 Å². The lowest BCUT2D eigenvalue weighted by Crippen LogP contribution is -1.97. The van der Waals surface area contributed by atoms with Crippen molar-refractivity contribution in [1.29, 1.82) is 0 Å². The minimum Gasteiger partial charge on any atom is -0.257 e. The molecule has 0 radical (unpaired) electrons. The molecule has 1 aliphatic carbocycles. The van der Waals surface area contributed by atoms with Gasteiger partial charge in [-0.25, -0.2) is 0 Å². The minimum absolute atomic E-state index is 0.683. The molecule has 0 aliphatic heterocycles. The maximum absolute atomic E-state index is 4.35. The summed E-state index contributed by atoms with van der Waals surface area (Å²) in [4.78, 5) is 4.35. The Morgan fingerprint density at radius 2 is 2.11 bits per heavy atom. The Hall–Kier alpha value is -1.89. The standard InChI is InChI=1S/C18H21N/c1-14(2)13-19-18-10-8-17(9-11-18)12-16-6-4-15(3)5-7-16/h4,6-11,13,15H,1,5,12H2,2-3H3/b19-13+. The van der Waals surface area contributed by atoms with Crippen molar-refractivity contribution < 1.29 is 0 Å². The van der Waals surface area contributed by atoms with Crippen molar-refractivity contribution in [2.75, 3.05) is 0 Å². The van der Waals surface area contributed by atoms with E-state index in [0.717, 1.165) is 24.1 Å². The van der Waals surface area contributed by atoms with Crippen LogP contribution in [0.25, 0.3) is 0 Å². The second kappa shape index (κ2) is 6.33. The normalized spacial score (nSPS) is 18.6. The zero-order valence-corrected chi connectivity index (χ0v) is 11.8. The van der Waals surface area contributed by atoms with Gasteiger partial charge in [0.1, 0.15) is 0 Å². The van der Waals surface area contributed by atoms with Crippen LogP contribution in [0.5, 0.6) is 0 Å². The van der Waals surface area contributed by atoms with Gasteiger partial charge in [-0.2, -0.15) is 0 Å². The van der Waals surface area contributed by atoms with Crippen LogP contribution >= 0.6 is 0 Å². The van der Waals surface area contributed by atoms with Crippen molar-refractivity contribution in [2.45, 2.75) is 26.7 Å². The van der Waals surface area contributed by atoms with E-state index in [4.69, 9.17) is 0 Å². The molecule has 0 amide bonds. The molecule has 98 valence electrons. The van der Waals surface area contributed by atoms with Crippen molar-refractivity contribution in [2.24, 2.45) is 10.9 Å². The van der Waals surface area contributed by atoms with E-state index in [2.05, 4.69) is 61.0 Å². The lowest BCUT2D eigenvalue weighted by molar-refractivity contribution is 0.728. The summed E-state index contributed by atoms with van der Waals surface area (Å²) in [6, 6.07) is 8.42. The predicted octanol–water partition coefficient (Wildman–Crippen LogP) is 5.03. The highest BCUT2D eigenvalue weighted by Gasteiger charge is 2.04. The first kappa shape index (κ1) is 13.5.